The Morgan fingerprint density at radius 3 is 2.67 bits per heavy atom. The van der Waals surface area contributed by atoms with Gasteiger partial charge in [0.2, 0.25) is 5.91 Å². The van der Waals surface area contributed by atoms with E-state index in [0.717, 1.165) is 11.4 Å². The molecule has 2 aromatic heterocycles. The lowest BCUT2D eigenvalue weighted by atomic mass is 10.4. The molecule has 2 aromatic rings. The number of hydrogen-bond donors (Lipinski definition) is 2. The second-order valence-electron chi connectivity index (χ2n) is 4.70. The van der Waals surface area contributed by atoms with Crippen molar-refractivity contribution < 1.29 is 14.7 Å². The van der Waals surface area contributed by atoms with Crippen LogP contribution < -0.4 is 5.32 Å². The van der Waals surface area contributed by atoms with Crippen LogP contribution >= 0.6 is 0 Å². The first-order valence-corrected chi connectivity index (χ1v) is 6.50. The fourth-order valence-electron chi connectivity index (χ4n) is 1.97. The Morgan fingerprint density at radius 2 is 2.10 bits per heavy atom. The predicted octanol–water partition coefficient (Wildman–Crippen LogP) is 0.211. The number of nitrogens with one attached hydrogen (secondary N) is 1. The van der Waals surface area contributed by atoms with Crippen LogP contribution in [0.2, 0.25) is 0 Å². The Kier molecular flexibility index (Phi) is 4.36. The van der Waals surface area contributed by atoms with E-state index in [0.29, 0.717) is 13.1 Å². The quantitative estimate of drug-likeness (QED) is 0.792. The maximum atomic E-state index is 11.7. The fourth-order valence-corrected chi connectivity index (χ4v) is 1.97. The van der Waals surface area contributed by atoms with Crippen LogP contribution in [-0.2, 0) is 17.9 Å². The van der Waals surface area contributed by atoms with Crippen LogP contribution in [0.5, 0.6) is 0 Å². The number of nitrogens with zero attached hydrogens (tertiary/aromatic N) is 4. The number of hydrogen-bond acceptors (Lipinski definition) is 4. The number of carbonyl (C=O) groups excluding carboxylic acids is 1. The van der Waals surface area contributed by atoms with Gasteiger partial charge in [-0.1, -0.05) is 0 Å². The van der Waals surface area contributed by atoms with Crippen molar-refractivity contribution in [1.82, 2.24) is 24.9 Å². The van der Waals surface area contributed by atoms with E-state index in [1.165, 1.54) is 16.9 Å². The topological polar surface area (TPSA) is 102 Å². The van der Waals surface area contributed by atoms with E-state index in [2.05, 4.69) is 15.5 Å². The predicted molar refractivity (Wildman–Crippen MR) is 73.9 cm³/mol. The SMILES string of the molecule is Cc1cc(C)n(CCNC(=O)Cn2ccc(C(=O)O)n2)n1. The third kappa shape index (κ3) is 3.91. The van der Waals surface area contributed by atoms with Gasteiger partial charge < -0.3 is 10.4 Å². The first-order valence-electron chi connectivity index (χ1n) is 6.50. The maximum Gasteiger partial charge on any atom is 0.356 e. The highest BCUT2D eigenvalue weighted by molar-refractivity contribution is 5.85. The number of rotatable bonds is 6. The van der Waals surface area contributed by atoms with Crippen molar-refractivity contribution in [2.45, 2.75) is 26.9 Å². The van der Waals surface area contributed by atoms with Crippen LogP contribution in [0.15, 0.2) is 18.3 Å². The Bertz CT molecular complexity index is 659. The fraction of sp³-hybridized carbons (Fsp3) is 0.385. The summed E-state index contributed by atoms with van der Waals surface area (Å²) in [5.41, 5.74) is 1.90. The summed E-state index contributed by atoms with van der Waals surface area (Å²) in [5.74, 6) is -1.34. The summed E-state index contributed by atoms with van der Waals surface area (Å²) < 4.78 is 3.12. The first kappa shape index (κ1) is 14.8. The minimum atomic E-state index is -1.11. The molecule has 2 rings (SSSR count). The molecule has 0 unspecified atom stereocenters. The lowest BCUT2D eigenvalue weighted by Gasteiger charge is -2.07. The molecular formula is C13H17N5O3. The van der Waals surface area contributed by atoms with Gasteiger partial charge in [0.1, 0.15) is 6.54 Å². The van der Waals surface area contributed by atoms with E-state index in [9.17, 15) is 9.59 Å². The zero-order chi connectivity index (χ0) is 15.4. The van der Waals surface area contributed by atoms with Crippen LogP contribution in [0, 0.1) is 13.8 Å². The molecule has 0 saturated carbocycles. The van der Waals surface area contributed by atoms with Gasteiger partial charge in [0.05, 0.1) is 12.2 Å². The number of carboxylic acids is 1. The van der Waals surface area contributed by atoms with Gasteiger partial charge in [-0.3, -0.25) is 14.2 Å². The monoisotopic (exact) mass is 291 g/mol. The Balaban J connectivity index is 1.79. The molecule has 112 valence electrons. The van der Waals surface area contributed by atoms with Crippen molar-refractivity contribution in [3.8, 4) is 0 Å². The van der Waals surface area contributed by atoms with E-state index in [1.54, 1.807) is 0 Å². The summed E-state index contributed by atoms with van der Waals surface area (Å²) in [6.07, 6.45) is 1.46. The highest BCUT2D eigenvalue weighted by Crippen LogP contribution is 2.00. The van der Waals surface area contributed by atoms with Crippen LogP contribution in [0.25, 0.3) is 0 Å². The van der Waals surface area contributed by atoms with Crippen LogP contribution in [0.1, 0.15) is 21.9 Å². The van der Waals surface area contributed by atoms with Crippen molar-refractivity contribution in [2.24, 2.45) is 0 Å². The Labute approximate surface area is 121 Å². The van der Waals surface area contributed by atoms with E-state index in [4.69, 9.17) is 5.11 Å². The number of carboxylic acid groups (broad SMARTS) is 1. The molecule has 0 saturated heterocycles. The standard InChI is InChI=1S/C13H17N5O3/c1-9-7-10(2)18(15-9)6-4-14-12(19)8-17-5-3-11(16-17)13(20)21/h3,5,7H,4,6,8H2,1-2H3,(H,14,19)(H,20,21). The molecule has 0 aliphatic rings. The van der Waals surface area contributed by atoms with E-state index in [1.807, 2.05) is 24.6 Å². The van der Waals surface area contributed by atoms with Crippen molar-refractivity contribution in [3.05, 3.63) is 35.4 Å². The van der Waals surface area contributed by atoms with Crippen LogP contribution in [0.3, 0.4) is 0 Å². The molecule has 21 heavy (non-hydrogen) atoms. The lowest BCUT2D eigenvalue weighted by molar-refractivity contribution is -0.121. The number of aromatic nitrogens is 4. The molecule has 0 aromatic carbocycles. The van der Waals surface area contributed by atoms with Crippen molar-refractivity contribution in [2.75, 3.05) is 6.54 Å². The average Bonchev–Trinajstić information content (AvgIpc) is 2.97. The summed E-state index contributed by atoms with van der Waals surface area (Å²) >= 11 is 0. The molecule has 0 atom stereocenters. The van der Waals surface area contributed by atoms with E-state index in [-0.39, 0.29) is 18.1 Å². The molecule has 0 aliphatic carbocycles. The normalized spacial score (nSPS) is 10.6. The Hall–Kier alpha value is -2.64. The molecule has 8 heteroatoms. The average molecular weight is 291 g/mol. The third-order valence-corrected chi connectivity index (χ3v) is 2.91. The van der Waals surface area contributed by atoms with E-state index >= 15 is 0 Å². The summed E-state index contributed by atoms with van der Waals surface area (Å²) in [6, 6.07) is 3.32. The second kappa shape index (κ2) is 6.21. The number of carbonyl (C=O) groups is 2. The van der Waals surface area contributed by atoms with E-state index < -0.39 is 5.97 Å². The third-order valence-electron chi connectivity index (χ3n) is 2.91. The lowest BCUT2D eigenvalue weighted by Crippen LogP contribution is -2.31. The zero-order valence-corrected chi connectivity index (χ0v) is 11.9. The van der Waals surface area contributed by atoms with Gasteiger partial charge in [0, 0.05) is 18.4 Å². The molecule has 0 fully saturated rings. The minimum absolute atomic E-state index is 0.00953. The molecule has 2 heterocycles. The summed E-state index contributed by atoms with van der Waals surface area (Å²) in [7, 11) is 0. The molecule has 8 nitrogen and oxygen atoms in total. The molecular weight excluding hydrogens is 274 g/mol. The molecule has 2 N–H and O–H groups in total. The van der Waals surface area contributed by atoms with Crippen LogP contribution in [-0.4, -0.2) is 43.1 Å². The van der Waals surface area contributed by atoms with Crippen molar-refractivity contribution in [3.63, 3.8) is 0 Å². The van der Waals surface area contributed by atoms with Gasteiger partial charge in [0.15, 0.2) is 5.69 Å². The highest BCUT2D eigenvalue weighted by Gasteiger charge is 2.09. The largest absolute Gasteiger partial charge is 0.476 e. The number of aromatic carboxylic acids is 1. The number of amides is 1. The van der Waals surface area contributed by atoms with Gasteiger partial charge >= 0.3 is 5.97 Å². The highest BCUT2D eigenvalue weighted by atomic mass is 16.4. The van der Waals surface area contributed by atoms with Crippen molar-refractivity contribution >= 4 is 11.9 Å². The van der Waals surface area contributed by atoms with Gasteiger partial charge in [0.25, 0.3) is 0 Å². The summed E-state index contributed by atoms with van der Waals surface area (Å²) in [6.45, 7) is 4.90. The molecule has 1 amide bonds. The van der Waals surface area contributed by atoms with Gasteiger partial charge in [-0.2, -0.15) is 10.2 Å². The molecule has 0 aliphatic heterocycles. The second-order valence-corrected chi connectivity index (χ2v) is 4.70. The molecule has 0 radical (unpaired) electrons. The summed E-state index contributed by atoms with van der Waals surface area (Å²) in [5, 5.41) is 19.6. The maximum absolute atomic E-state index is 11.7. The smallest absolute Gasteiger partial charge is 0.356 e. The molecule has 0 bridgehead atoms. The van der Waals surface area contributed by atoms with Crippen LogP contribution in [0.4, 0.5) is 0 Å². The van der Waals surface area contributed by atoms with Gasteiger partial charge in [-0.25, -0.2) is 4.79 Å². The van der Waals surface area contributed by atoms with Gasteiger partial charge in [-0.05, 0) is 26.0 Å². The zero-order valence-electron chi connectivity index (χ0n) is 11.9. The Morgan fingerprint density at radius 1 is 1.33 bits per heavy atom. The van der Waals surface area contributed by atoms with Gasteiger partial charge in [-0.15, -0.1) is 0 Å². The summed E-state index contributed by atoms with van der Waals surface area (Å²) in [4.78, 5) is 22.4. The van der Waals surface area contributed by atoms with Crippen molar-refractivity contribution in [1.29, 1.82) is 0 Å². The number of aryl methyl sites for hydroxylation is 2. The molecule has 0 spiro atoms. The minimum Gasteiger partial charge on any atom is -0.476 e. The first-order chi connectivity index (χ1) is 9.95.